The standard InChI is InChI=1S/C18H24N4O4S/c1-13-17(14(2)26-21-13)10-18(23)20-11-15-5-8-22(9-6-15)27(24,25)16-4-3-7-19-12-16/h3-4,7,12,15H,5-6,8-11H2,1-2H3,(H,20,23). The first kappa shape index (κ1) is 19.5. The number of nitrogens with zero attached hydrogens (tertiary/aromatic N) is 3. The molecule has 27 heavy (non-hydrogen) atoms. The molecule has 9 heteroatoms. The molecular weight excluding hydrogens is 368 g/mol. The molecule has 2 aromatic heterocycles. The summed E-state index contributed by atoms with van der Waals surface area (Å²) < 4.78 is 31.8. The summed E-state index contributed by atoms with van der Waals surface area (Å²) in [6.07, 6.45) is 4.60. The van der Waals surface area contributed by atoms with Gasteiger partial charge in [-0.25, -0.2) is 8.42 Å². The van der Waals surface area contributed by atoms with Crippen LogP contribution in [0.2, 0.25) is 0 Å². The van der Waals surface area contributed by atoms with Gasteiger partial charge >= 0.3 is 0 Å². The van der Waals surface area contributed by atoms with E-state index in [-0.39, 0.29) is 23.1 Å². The highest BCUT2D eigenvalue weighted by Gasteiger charge is 2.29. The van der Waals surface area contributed by atoms with Crippen LogP contribution in [0.25, 0.3) is 0 Å². The molecule has 3 heterocycles. The van der Waals surface area contributed by atoms with Gasteiger partial charge < -0.3 is 9.84 Å². The smallest absolute Gasteiger partial charge is 0.244 e. The lowest BCUT2D eigenvalue weighted by atomic mass is 9.98. The van der Waals surface area contributed by atoms with Crippen molar-refractivity contribution in [2.75, 3.05) is 19.6 Å². The number of piperidine rings is 1. The van der Waals surface area contributed by atoms with Crippen LogP contribution >= 0.6 is 0 Å². The fraction of sp³-hybridized carbons (Fsp3) is 0.500. The molecule has 3 rings (SSSR count). The Morgan fingerprint density at radius 2 is 2.07 bits per heavy atom. The number of hydrogen-bond donors (Lipinski definition) is 1. The lowest BCUT2D eigenvalue weighted by Gasteiger charge is -2.31. The minimum absolute atomic E-state index is 0.0742. The lowest BCUT2D eigenvalue weighted by Crippen LogP contribution is -2.41. The highest BCUT2D eigenvalue weighted by molar-refractivity contribution is 7.89. The fourth-order valence-electron chi connectivity index (χ4n) is 3.24. The van der Waals surface area contributed by atoms with Gasteiger partial charge in [-0.2, -0.15) is 4.31 Å². The molecule has 146 valence electrons. The van der Waals surface area contributed by atoms with Crippen LogP contribution in [0.3, 0.4) is 0 Å². The van der Waals surface area contributed by atoms with Gasteiger partial charge in [-0.3, -0.25) is 9.78 Å². The SMILES string of the molecule is Cc1noc(C)c1CC(=O)NCC1CCN(S(=O)(=O)c2cccnc2)CC1. The number of amides is 1. The van der Waals surface area contributed by atoms with Crippen molar-refractivity contribution in [1.29, 1.82) is 0 Å². The molecule has 1 N–H and O–H groups in total. The van der Waals surface area contributed by atoms with Gasteiger partial charge in [0.1, 0.15) is 10.7 Å². The molecular formula is C18H24N4O4S. The first-order chi connectivity index (χ1) is 12.9. The first-order valence-electron chi connectivity index (χ1n) is 8.96. The van der Waals surface area contributed by atoms with Gasteiger partial charge in [-0.1, -0.05) is 5.16 Å². The summed E-state index contributed by atoms with van der Waals surface area (Å²) in [5.41, 5.74) is 1.56. The van der Waals surface area contributed by atoms with Crippen LogP contribution in [0.5, 0.6) is 0 Å². The Morgan fingerprint density at radius 3 is 2.67 bits per heavy atom. The molecule has 0 bridgehead atoms. The highest BCUT2D eigenvalue weighted by atomic mass is 32.2. The number of carbonyl (C=O) groups excluding carboxylic acids is 1. The average molecular weight is 392 g/mol. The van der Waals surface area contributed by atoms with Gasteiger partial charge in [0, 0.05) is 37.6 Å². The quantitative estimate of drug-likeness (QED) is 0.798. The second-order valence-corrected chi connectivity index (χ2v) is 8.76. The molecule has 8 nitrogen and oxygen atoms in total. The summed E-state index contributed by atoms with van der Waals surface area (Å²) in [6.45, 7) is 5.05. The van der Waals surface area contributed by atoms with Crippen LogP contribution in [-0.4, -0.2) is 48.4 Å². The largest absolute Gasteiger partial charge is 0.361 e. The number of pyridine rings is 1. The van der Waals surface area contributed by atoms with E-state index in [1.165, 1.54) is 10.5 Å². The number of sulfonamides is 1. The van der Waals surface area contributed by atoms with Gasteiger partial charge in [0.05, 0.1) is 12.1 Å². The summed E-state index contributed by atoms with van der Waals surface area (Å²) in [4.78, 5) is 16.3. The van der Waals surface area contributed by atoms with E-state index in [1.807, 2.05) is 6.92 Å². The number of nitrogens with one attached hydrogen (secondary N) is 1. The minimum atomic E-state index is -3.49. The number of aryl methyl sites for hydroxylation is 2. The van der Waals surface area contributed by atoms with Crippen molar-refractivity contribution < 1.29 is 17.7 Å². The molecule has 1 fully saturated rings. The summed E-state index contributed by atoms with van der Waals surface area (Å²) in [7, 11) is -3.49. The predicted octanol–water partition coefficient (Wildman–Crippen LogP) is 1.45. The normalized spacial score (nSPS) is 16.4. The number of aromatic nitrogens is 2. The molecule has 2 aromatic rings. The predicted molar refractivity (Wildman–Crippen MR) is 98.4 cm³/mol. The molecule has 0 unspecified atom stereocenters. The minimum Gasteiger partial charge on any atom is -0.361 e. The molecule has 0 aliphatic carbocycles. The van der Waals surface area contributed by atoms with Crippen molar-refractivity contribution in [3.05, 3.63) is 41.5 Å². The lowest BCUT2D eigenvalue weighted by molar-refractivity contribution is -0.120. The maximum atomic E-state index is 12.6. The van der Waals surface area contributed by atoms with Crippen LogP contribution in [0, 0.1) is 19.8 Å². The van der Waals surface area contributed by atoms with Crippen molar-refractivity contribution in [1.82, 2.24) is 19.8 Å². The van der Waals surface area contributed by atoms with Crippen molar-refractivity contribution in [3.8, 4) is 0 Å². The van der Waals surface area contributed by atoms with Gasteiger partial charge in [0.2, 0.25) is 15.9 Å². The zero-order chi connectivity index (χ0) is 19.4. The van der Waals surface area contributed by atoms with E-state index in [0.29, 0.717) is 38.2 Å². The summed E-state index contributed by atoms with van der Waals surface area (Å²) in [5, 5.41) is 6.80. The number of carbonyl (C=O) groups is 1. The zero-order valence-electron chi connectivity index (χ0n) is 15.5. The highest BCUT2D eigenvalue weighted by Crippen LogP contribution is 2.23. The van der Waals surface area contributed by atoms with Crippen molar-refractivity contribution in [3.63, 3.8) is 0 Å². The maximum absolute atomic E-state index is 12.6. The molecule has 1 aliphatic heterocycles. The molecule has 0 atom stereocenters. The third kappa shape index (κ3) is 4.54. The van der Waals surface area contributed by atoms with Gasteiger partial charge in [-0.15, -0.1) is 0 Å². The second kappa shape index (κ2) is 8.18. The second-order valence-electron chi connectivity index (χ2n) is 6.82. The Kier molecular flexibility index (Phi) is 5.91. The van der Waals surface area contributed by atoms with E-state index >= 15 is 0 Å². The molecule has 0 saturated carbocycles. The Morgan fingerprint density at radius 1 is 1.33 bits per heavy atom. The van der Waals surface area contributed by atoms with Crippen LogP contribution in [0.15, 0.2) is 33.9 Å². The van der Waals surface area contributed by atoms with Gasteiger partial charge in [-0.05, 0) is 44.7 Å². The van der Waals surface area contributed by atoms with Crippen LogP contribution in [-0.2, 0) is 21.2 Å². The third-order valence-corrected chi connectivity index (χ3v) is 6.83. The van der Waals surface area contributed by atoms with Crippen LogP contribution in [0.1, 0.15) is 29.9 Å². The average Bonchev–Trinajstić information content (AvgIpc) is 2.99. The first-order valence-corrected chi connectivity index (χ1v) is 10.4. The third-order valence-electron chi connectivity index (χ3n) is 4.95. The maximum Gasteiger partial charge on any atom is 0.244 e. The van der Waals surface area contributed by atoms with Gasteiger partial charge in [0.25, 0.3) is 0 Å². The van der Waals surface area contributed by atoms with Crippen molar-refractivity contribution >= 4 is 15.9 Å². The molecule has 1 aliphatic rings. The van der Waals surface area contributed by atoms with Crippen LogP contribution in [0.4, 0.5) is 0 Å². The Balaban J connectivity index is 1.48. The fourth-order valence-corrected chi connectivity index (χ4v) is 4.67. The summed E-state index contributed by atoms with van der Waals surface area (Å²) >= 11 is 0. The zero-order valence-corrected chi connectivity index (χ0v) is 16.3. The molecule has 1 saturated heterocycles. The molecule has 1 amide bonds. The Hall–Kier alpha value is -2.26. The Labute approximate surface area is 159 Å². The molecule has 0 spiro atoms. The van der Waals surface area contributed by atoms with Crippen LogP contribution < -0.4 is 5.32 Å². The van der Waals surface area contributed by atoms with E-state index < -0.39 is 10.0 Å². The van der Waals surface area contributed by atoms with E-state index in [2.05, 4.69) is 15.5 Å². The van der Waals surface area contributed by atoms with Crippen molar-refractivity contribution in [2.45, 2.75) is 38.0 Å². The van der Waals surface area contributed by atoms with E-state index in [0.717, 1.165) is 11.3 Å². The topological polar surface area (TPSA) is 105 Å². The van der Waals surface area contributed by atoms with E-state index in [4.69, 9.17) is 4.52 Å². The molecule has 0 aromatic carbocycles. The van der Waals surface area contributed by atoms with Crippen molar-refractivity contribution in [2.24, 2.45) is 5.92 Å². The number of hydrogen-bond acceptors (Lipinski definition) is 6. The summed E-state index contributed by atoms with van der Waals surface area (Å²) in [5.74, 6) is 0.852. The summed E-state index contributed by atoms with van der Waals surface area (Å²) in [6, 6.07) is 3.18. The molecule has 0 radical (unpaired) electrons. The number of rotatable bonds is 6. The van der Waals surface area contributed by atoms with E-state index in [1.54, 1.807) is 25.3 Å². The van der Waals surface area contributed by atoms with E-state index in [9.17, 15) is 13.2 Å². The van der Waals surface area contributed by atoms with Gasteiger partial charge in [0.15, 0.2) is 0 Å². The Bertz CT molecular complexity index is 868. The monoisotopic (exact) mass is 392 g/mol.